The molecule has 1 aromatic heterocycles. The maximum absolute atomic E-state index is 12.1. The van der Waals surface area contributed by atoms with Crippen LogP contribution in [0.4, 0.5) is 0 Å². The van der Waals surface area contributed by atoms with E-state index < -0.39 is 0 Å². The number of halogens is 1. The Morgan fingerprint density at radius 2 is 2.16 bits per heavy atom. The highest BCUT2D eigenvalue weighted by Gasteiger charge is 2.19. The summed E-state index contributed by atoms with van der Waals surface area (Å²) in [5, 5.41) is 3.28. The van der Waals surface area contributed by atoms with Crippen LogP contribution in [0.15, 0.2) is 12.1 Å². The van der Waals surface area contributed by atoms with Crippen molar-refractivity contribution in [2.24, 2.45) is 0 Å². The van der Waals surface area contributed by atoms with Crippen molar-refractivity contribution in [3.05, 3.63) is 22.8 Å². The molecule has 0 aromatic carbocycles. The van der Waals surface area contributed by atoms with Crippen LogP contribution in [0.25, 0.3) is 0 Å². The van der Waals surface area contributed by atoms with Crippen molar-refractivity contribution in [3.8, 4) is 5.88 Å². The van der Waals surface area contributed by atoms with Gasteiger partial charge in [0.05, 0.1) is 7.11 Å². The van der Waals surface area contributed by atoms with Crippen molar-refractivity contribution in [1.29, 1.82) is 0 Å². The van der Waals surface area contributed by atoms with Gasteiger partial charge in [0.15, 0.2) is 0 Å². The molecule has 5 nitrogen and oxygen atoms in total. The van der Waals surface area contributed by atoms with E-state index in [9.17, 15) is 4.79 Å². The topological polar surface area (TPSA) is 54.5 Å². The average molecular weight is 284 g/mol. The van der Waals surface area contributed by atoms with Gasteiger partial charge in [0.25, 0.3) is 5.91 Å². The van der Waals surface area contributed by atoms with Crippen LogP contribution in [0.1, 0.15) is 23.2 Å². The van der Waals surface area contributed by atoms with Crippen LogP contribution in [0.2, 0.25) is 5.15 Å². The Bertz CT molecular complexity index is 459. The van der Waals surface area contributed by atoms with Gasteiger partial charge >= 0.3 is 0 Å². The van der Waals surface area contributed by atoms with Crippen molar-refractivity contribution >= 4 is 17.5 Å². The van der Waals surface area contributed by atoms with Crippen molar-refractivity contribution < 1.29 is 9.53 Å². The van der Waals surface area contributed by atoms with E-state index in [0.29, 0.717) is 11.4 Å². The van der Waals surface area contributed by atoms with E-state index in [4.69, 9.17) is 16.3 Å². The molecule has 1 aliphatic heterocycles. The second kappa shape index (κ2) is 6.21. The lowest BCUT2D eigenvalue weighted by atomic mass is 10.1. The van der Waals surface area contributed by atoms with E-state index in [-0.39, 0.29) is 17.1 Å². The Labute approximate surface area is 117 Å². The van der Waals surface area contributed by atoms with Crippen LogP contribution in [0.5, 0.6) is 5.88 Å². The molecule has 2 heterocycles. The summed E-state index contributed by atoms with van der Waals surface area (Å²) in [6, 6.07) is 3.37. The smallest absolute Gasteiger partial charge is 0.251 e. The van der Waals surface area contributed by atoms with Crippen LogP contribution in [-0.2, 0) is 0 Å². The van der Waals surface area contributed by atoms with Crippen molar-refractivity contribution in [2.45, 2.75) is 18.9 Å². The molecule has 0 aliphatic carbocycles. The number of likely N-dealkylation sites (tertiary alicyclic amines) is 1. The number of hydrogen-bond acceptors (Lipinski definition) is 4. The standard InChI is InChI=1S/C13H18ClN3O2/c1-17-5-3-10(4-6-17)15-13(18)9-7-11(14)16-12(8-9)19-2/h7-8,10H,3-6H2,1-2H3,(H,15,18). The number of ether oxygens (including phenoxy) is 1. The fourth-order valence-electron chi connectivity index (χ4n) is 2.13. The van der Waals surface area contributed by atoms with Crippen LogP contribution in [0, 0.1) is 0 Å². The molecule has 1 saturated heterocycles. The molecule has 0 spiro atoms. The van der Waals surface area contributed by atoms with Gasteiger partial charge in [-0.2, -0.15) is 0 Å². The molecular weight excluding hydrogens is 266 g/mol. The Kier molecular flexibility index (Phi) is 4.61. The van der Waals surface area contributed by atoms with Crippen molar-refractivity contribution in [3.63, 3.8) is 0 Å². The number of aromatic nitrogens is 1. The lowest BCUT2D eigenvalue weighted by Gasteiger charge is -2.29. The Hall–Kier alpha value is -1.33. The fraction of sp³-hybridized carbons (Fsp3) is 0.538. The van der Waals surface area contributed by atoms with Gasteiger partial charge in [-0.3, -0.25) is 4.79 Å². The maximum Gasteiger partial charge on any atom is 0.251 e. The summed E-state index contributed by atoms with van der Waals surface area (Å²) < 4.78 is 5.01. The van der Waals surface area contributed by atoms with Crippen molar-refractivity contribution in [2.75, 3.05) is 27.2 Å². The molecule has 0 saturated carbocycles. The minimum Gasteiger partial charge on any atom is -0.481 e. The highest BCUT2D eigenvalue weighted by Crippen LogP contribution is 2.17. The molecular formula is C13H18ClN3O2. The number of rotatable bonds is 3. The summed E-state index contributed by atoms with van der Waals surface area (Å²) in [4.78, 5) is 18.4. The summed E-state index contributed by atoms with van der Waals surface area (Å²) in [5.74, 6) is 0.221. The second-order valence-electron chi connectivity index (χ2n) is 4.77. The van der Waals surface area contributed by atoms with E-state index in [0.717, 1.165) is 25.9 Å². The normalized spacial score (nSPS) is 17.2. The van der Waals surface area contributed by atoms with Gasteiger partial charge in [-0.05, 0) is 39.0 Å². The predicted molar refractivity (Wildman–Crippen MR) is 73.8 cm³/mol. The van der Waals surface area contributed by atoms with E-state index >= 15 is 0 Å². The van der Waals surface area contributed by atoms with Gasteiger partial charge < -0.3 is 15.0 Å². The Balaban J connectivity index is 2.01. The number of amides is 1. The van der Waals surface area contributed by atoms with Gasteiger partial charge in [-0.25, -0.2) is 4.98 Å². The number of hydrogen-bond donors (Lipinski definition) is 1. The first-order valence-electron chi connectivity index (χ1n) is 6.29. The third-order valence-corrected chi connectivity index (χ3v) is 3.49. The first kappa shape index (κ1) is 14.1. The molecule has 1 fully saturated rings. The predicted octanol–water partition coefficient (Wildman–Crippen LogP) is 1.57. The van der Waals surface area contributed by atoms with Gasteiger partial charge in [-0.15, -0.1) is 0 Å². The third kappa shape index (κ3) is 3.81. The first-order valence-corrected chi connectivity index (χ1v) is 6.67. The Morgan fingerprint density at radius 3 is 2.79 bits per heavy atom. The highest BCUT2D eigenvalue weighted by molar-refractivity contribution is 6.29. The molecule has 1 aliphatic rings. The molecule has 6 heteroatoms. The number of pyridine rings is 1. The number of nitrogens with one attached hydrogen (secondary N) is 1. The maximum atomic E-state index is 12.1. The summed E-state index contributed by atoms with van der Waals surface area (Å²) in [5.41, 5.74) is 0.482. The molecule has 1 amide bonds. The quantitative estimate of drug-likeness (QED) is 0.856. The minimum absolute atomic E-state index is 0.128. The van der Waals surface area contributed by atoms with Crippen LogP contribution >= 0.6 is 11.6 Å². The largest absolute Gasteiger partial charge is 0.481 e. The molecule has 1 N–H and O–H groups in total. The number of methoxy groups -OCH3 is 1. The zero-order valence-corrected chi connectivity index (χ0v) is 11.9. The van der Waals surface area contributed by atoms with E-state index in [1.165, 1.54) is 7.11 Å². The van der Waals surface area contributed by atoms with E-state index in [1.54, 1.807) is 12.1 Å². The summed E-state index contributed by atoms with van der Waals surface area (Å²) >= 11 is 5.86. The average Bonchev–Trinajstić information content (AvgIpc) is 2.40. The first-order chi connectivity index (χ1) is 9.08. The number of carbonyl (C=O) groups excluding carboxylic acids is 1. The molecule has 0 bridgehead atoms. The van der Waals surface area contributed by atoms with Gasteiger partial charge in [-0.1, -0.05) is 11.6 Å². The number of piperidine rings is 1. The van der Waals surface area contributed by atoms with E-state index in [1.807, 2.05) is 0 Å². The molecule has 0 atom stereocenters. The van der Waals surface area contributed by atoms with Gasteiger partial charge in [0.1, 0.15) is 5.15 Å². The lowest BCUT2D eigenvalue weighted by Crippen LogP contribution is -2.43. The SMILES string of the molecule is COc1cc(C(=O)NC2CCN(C)CC2)cc(Cl)n1. The molecule has 104 valence electrons. The Morgan fingerprint density at radius 1 is 1.47 bits per heavy atom. The fourth-order valence-corrected chi connectivity index (χ4v) is 2.33. The molecule has 2 rings (SSSR count). The highest BCUT2D eigenvalue weighted by atomic mass is 35.5. The second-order valence-corrected chi connectivity index (χ2v) is 5.16. The molecule has 0 unspecified atom stereocenters. The molecule has 1 aromatic rings. The summed E-state index contributed by atoms with van der Waals surface area (Å²) in [6.45, 7) is 2.01. The molecule has 19 heavy (non-hydrogen) atoms. The minimum atomic E-state index is -0.128. The lowest BCUT2D eigenvalue weighted by molar-refractivity contribution is 0.0916. The molecule has 0 radical (unpaired) electrons. The zero-order chi connectivity index (χ0) is 13.8. The third-order valence-electron chi connectivity index (χ3n) is 3.30. The zero-order valence-electron chi connectivity index (χ0n) is 11.1. The van der Waals surface area contributed by atoms with Gasteiger partial charge in [0, 0.05) is 17.7 Å². The summed E-state index contributed by atoms with van der Waals surface area (Å²) in [6.07, 6.45) is 1.94. The number of carbonyl (C=O) groups is 1. The van der Waals surface area contributed by atoms with Crippen LogP contribution < -0.4 is 10.1 Å². The van der Waals surface area contributed by atoms with Crippen LogP contribution in [-0.4, -0.2) is 49.1 Å². The van der Waals surface area contributed by atoms with Gasteiger partial charge in [0.2, 0.25) is 5.88 Å². The summed E-state index contributed by atoms with van der Waals surface area (Å²) in [7, 11) is 3.59. The monoisotopic (exact) mass is 283 g/mol. The van der Waals surface area contributed by atoms with Crippen LogP contribution in [0.3, 0.4) is 0 Å². The van der Waals surface area contributed by atoms with Crippen molar-refractivity contribution in [1.82, 2.24) is 15.2 Å². The van der Waals surface area contributed by atoms with E-state index in [2.05, 4.69) is 22.2 Å². The number of nitrogens with zero attached hydrogens (tertiary/aromatic N) is 2.